The van der Waals surface area contributed by atoms with Crippen LogP contribution in [-0.4, -0.2) is 59.5 Å². The van der Waals surface area contributed by atoms with Crippen molar-refractivity contribution in [3.63, 3.8) is 0 Å². The van der Waals surface area contributed by atoms with Gasteiger partial charge in [-0.25, -0.2) is 19.3 Å². The number of rotatable bonds is 6. The van der Waals surface area contributed by atoms with Crippen LogP contribution in [-0.2, 0) is 22.7 Å². The number of nitrogens with zero attached hydrogens (tertiary/aromatic N) is 4. The Kier molecular flexibility index (Phi) is 9.87. The molecule has 1 fully saturated rings. The van der Waals surface area contributed by atoms with Crippen molar-refractivity contribution >= 4 is 32.6 Å². The zero-order valence-electron chi connectivity index (χ0n) is 15.1. The first-order valence-electron chi connectivity index (χ1n) is 7.14. The van der Waals surface area contributed by atoms with Crippen molar-refractivity contribution < 1.29 is 107 Å². The second kappa shape index (κ2) is 10.4. The number of nitrogens with two attached hydrogens (primary N) is 1. The number of ether oxygens (including phenoxy) is 1. The van der Waals surface area contributed by atoms with Crippen LogP contribution in [0.4, 0.5) is 5.82 Å². The molecule has 0 amide bonds. The second-order valence-electron chi connectivity index (χ2n) is 5.42. The van der Waals surface area contributed by atoms with Gasteiger partial charge < -0.3 is 39.9 Å². The molecule has 3 rings (SSSR count). The fourth-order valence-corrected chi connectivity index (χ4v) is 4.00. The molecule has 2 aromatic rings. The molecule has 0 bridgehead atoms. The summed E-state index contributed by atoms with van der Waals surface area (Å²) in [5.41, 5.74) is 6.06. The number of hydrogen-bond donors (Lipinski definition) is 4. The molecule has 0 aliphatic carbocycles. The topological polar surface area (TPSA) is 238 Å². The van der Waals surface area contributed by atoms with Crippen molar-refractivity contribution in [2.24, 2.45) is 0 Å². The molecule has 0 radical (unpaired) electrons. The summed E-state index contributed by atoms with van der Waals surface area (Å²) in [5.74, 6) is 0.0714. The summed E-state index contributed by atoms with van der Waals surface area (Å²) in [5, 5.41) is 20.2. The molecule has 1 saturated heterocycles. The number of phosphoric acid groups is 2. The maximum Gasteiger partial charge on any atom is 1.00 e. The molecule has 29 heavy (non-hydrogen) atoms. The molecule has 2 unspecified atom stereocenters. The standard InChI is InChI=1S/C10H15N5O10P2.2Na/c11-8-5-9(13-2-12-8)15(3-14-5)10-7(17)6(16)4(24-10)1-23-27(21,22)25-26(18,19)20;;/h2-4,6-7,10,16-17H,1H2,(H,21,22)(H2,11,12,13)(H2,18,19,20);;/q;2*+1/p-2/t4-,6-,7-,10-;;/m1../s1. The van der Waals surface area contributed by atoms with Crippen molar-refractivity contribution in [1.82, 2.24) is 19.5 Å². The van der Waals surface area contributed by atoms with Crippen LogP contribution in [0, 0.1) is 0 Å². The first-order valence-corrected chi connectivity index (χ1v) is 10.1. The Morgan fingerprint density at radius 1 is 1.21 bits per heavy atom. The van der Waals surface area contributed by atoms with Gasteiger partial charge in [0.05, 0.1) is 12.9 Å². The molecule has 1 aliphatic heterocycles. The molecule has 15 nitrogen and oxygen atoms in total. The molecule has 6 atom stereocenters. The summed E-state index contributed by atoms with van der Waals surface area (Å²) in [6, 6.07) is 0. The van der Waals surface area contributed by atoms with Crippen LogP contribution in [0.25, 0.3) is 11.2 Å². The van der Waals surface area contributed by atoms with E-state index in [9.17, 15) is 29.1 Å². The van der Waals surface area contributed by atoms with Gasteiger partial charge in [0.15, 0.2) is 17.7 Å². The average molecular weight is 471 g/mol. The number of fused-ring (bicyclic) bond motifs is 1. The fraction of sp³-hybridized carbons (Fsp3) is 0.500. The molecule has 0 spiro atoms. The van der Waals surface area contributed by atoms with E-state index in [0.717, 1.165) is 6.33 Å². The molecule has 5 N–H and O–H groups in total. The van der Waals surface area contributed by atoms with E-state index < -0.39 is 46.8 Å². The van der Waals surface area contributed by atoms with Gasteiger partial charge in [-0.15, -0.1) is 0 Å². The minimum Gasteiger partial charge on any atom is -0.756 e. The predicted molar refractivity (Wildman–Crippen MR) is 80.1 cm³/mol. The van der Waals surface area contributed by atoms with Crippen LogP contribution in [0.1, 0.15) is 6.23 Å². The Labute approximate surface area is 207 Å². The van der Waals surface area contributed by atoms with E-state index >= 15 is 0 Å². The number of aliphatic hydroxyl groups is 2. The van der Waals surface area contributed by atoms with Crippen molar-refractivity contribution in [3.05, 3.63) is 12.7 Å². The van der Waals surface area contributed by atoms with E-state index in [2.05, 4.69) is 23.8 Å². The van der Waals surface area contributed by atoms with Crippen molar-refractivity contribution in [3.8, 4) is 0 Å². The van der Waals surface area contributed by atoms with Gasteiger partial charge in [0.25, 0.3) is 15.6 Å². The van der Waals surface area contributed by atoms with E-state index in [0.29, 0.717) is 0 Å². The third-order valence-electron chi connectivity index (χ3n) is 3.60. The van der Waals surface area contributed by atoms with E-state index in [1.54, 1.807) is 0 Å². The van der Waals surface area contributed by atoms with Gasteiger partial charge >= 0.3 is 59.1 Å². The minimum atomic E-state index is -5.60. The molecule has 1 aliphatic rings. The van der Waals surface area contributed by atoms with Crippen LogP contribution < -0.4 is 74.6 Å². The number of nitrogen functional groups attached to an aromatic ring is 1. The summed E-state index contributed by atoms with van der Waals surface area (Å²) in [6.07, 6.45) is -3.40. The molecule has 0 aromatic carbocycles. The third-order valence-corrected chi connectivity index (χ3v) is 5.69. The van der Waals surface area contributed by atoms with Gasteiger partial charge in [0.1, 0.15) is 30.2 Å². The number of imidazole rings is 1. The first kappa shape index (κ1) is 27.5. The molecule has 150 valence electrons. The Morgan fingerprint density at radius 3 is 2.48 bits per heavy atom. The van der Waals surface area contributed by atoms with Crippen LogP contribution in [0.15, 0.2) is 12.7 Å². The SMILES string of the molecule is Nc1ncnc2c1ncn2[C@@H]1O[C@H](COP(=O)([O-])OP(=O)([O-])O)[C@@H](O)[C@H]1O.[Na+].[Na+]. The van der Waals surface area contributed by atoms with Gasteiger partial charge in [0, 0.05) is 0 Å². The quantitative estimate of drug-likeness (QED) is 0.226. The smallest absolute Gasteiger partial charge is 0.756 e. The number of hydrogen-bond acceptors (Lipinski definition) is 13. The first-order chi connectivity index (χ1) is 12.5. The predicted octanol–water partition coefficient (Wildman–Crippen LogP) is -9.00. The van der Waals surface area contributed by atoms with E-state index in [4.69, 9.17) is 15.4 Å². The number of anilines is 1. The molecule has 3 heterocycles. The summed E-state index contributed by atoms with van der Waals surface area (Å²) < 4.78 is 36.1. The molecule has 2 aromatic heterocycles. The maximum absolute atomic E-state index is 11.3. The normalized spacial score (nSPS) is 28.2. The van der Waals surface area contributed by atoms with Crippen LogP contribution >= 0.6 is 15.6 Å². The minimum absolute atomic E-state index is 0. The Hall–Kier alpha value is 0.490. The largest absolute Gasteiger partial charge is 1.00 e. The number of aliphatic hydroxyl groups excluding tert-OH is 2. The Balaban J connectivity index is 0.00000210. The van der Waals surface area contributed by atoms with Crippen LogP contribution in [0.3, 0.4) is 0 Å². The van der Waals surface area contributed by atoms with Crippen molar-refractivity contribution in [2.75, 3.05) is 12.3 Å². The summed E-state index contributed by atoms with van der Waals surface area (Å²) in [6.45, 7) is -0.904. The molecule has 0 saturated carbocycles. The van der Waals surface area contributed by atoms with Gasteiger partial charge in [0.2, 0.25) is 0 Å². The molecule has 19 heteroatoms. The summed E-state index contributed by atoms with van der Waals surface area (Å²) in [7, 11) is -11.0. The maximum atomic E-state index is 11.3. The summed E-state index contributed by atoms with van der Waals surface area (Å²) in [4.78, 5) is 41.9. The molecular formula is C10H13N5Na2O10P2. The second-order valence-corrected chi connectivity index (χ2v) is 8.17. The van der Waals surface area contributed by atoms with E-state index in [1.165, 1.54) is 10.9 Å². The summed E-state index contributed by atoms with van der Waals surface area (Å²) >= 11 is 0. The van der Waals surface area contributed by atoms with Gasteiger partial charge in [-0.05, 0) is 0 Å². The Bertz CT molecular complexity index is 943. The number of phosphoric ester groups is 1. The zero-order valence-corrected chi connectivity index (χ0v) is 20.9. The fourth-order valence-electron chi connectivity index (χ4n) is 2.47. The van der Waals surface area contributed by atoms with Gasteiger partial charge in [-0.2, -0.15) is 0 Å². The van der Waals surface area contributed by atoms with Crippen molar-refractivity contribution in [1.29, 1.82) is 0 Å². The van der Waals surface area contributed by atoms with Gasteiger partial charge in [-0.1, -0.05) is 0 Å². The molecular weight excluding hydrogens is 458 g/mol. The average Bonchev–Trinajstić information content (AvgIpc) is 3.07. The zero-order chi connectivity index (χ0) is 20.0. The Morgan fingerprint density at radius 2 is 1.86 bits per heavy atom. The van der Waals surface area contributed by atoms with Crippen LogP contribution in [0.5, 0.6) is 0 Å². The van der Waals surface area contributed by atoms with Gasteiger partial charge in [-0.3, -0.25) is 13.7 Å². The van der Waals surface area contributed by atoms with Crippen molar-refractivity contribution in [2.45, 2.75) is 24.5 Å². The third kappa shape index (κ3) is 6.49. The number of aromatic nitrogens is 4. The van der Waals surface area contributed by atoms with E-state index in [-0.39, 0.29) is 76.1 Å². The van der Waals surface area contributed by atoms with E-state index in [1.807, 2.05) is 0 Å². The van der Waals surface area contributed by atoms with Crippen LogP contribution in [0.2, 0.25) is 0 Å². The monoisotopic (exact) mass is 471 g/mol.